The highest BCUT2D eigenvalue weighted by molar-refractivity contribution is 5.89. The average Bonchev–Trinajstić information content (AvgIpc) is 2.47. The summed E-state index contributed by atoms with van der Waals surface area (Å²) in [6.45, 7) is 1.79. The molecule has 0 fully saturated rings. The molecule has 1 aromatic carbocycles. The first-order chi connectivity index (χ1) is 9.63. The third kappa shape index (κ3) is 2.93. The number of nitriles is 1. The summed E-state index contributed by atoms with van der Waals surface area (Å²) in [5, 5.41) is 8.82. The van der Waals surface area contributed by atoms with Gasteiger partial charge in [0.2, 0.25) is 0 Å². The van der Waals surface area contributed by atoms with E-state index in [-0.39, 0.29) is 11.4 Å². The molecule has 0 N–H and O–H groups in total. The van der Waals surface area contributed by atoms with E-state index >= 15 is 0 Å². The van der Waals surface area contributed by atoms with Crippen LogP contribution in [-0.2, 0) is 0 Å². The van der Waals surface area contributed by atoms with E-state index in [0.717, 1.165) is 5.69 Å². The Bertz CT molecular complexity index is 690. The van der Waals surface area contributed by atoms with Crippen molar-refractivity contribution in [1.29, 1.82) is 5.26 Å². The number of nitrogens with zero attached hydrogens (tertiary/aromatic N) is 2. The number of benzene rings is 1. The SMILES string of the molecule is COc1cc(C#N)ccc1OC(=O)c1cccc(C)n1. The number of hydrogen-bond donors (Lipinski definition) is 0. The zero-order valence-corrected chi connectivity index (χ0v) is 11.1. The number of pyridine rings is 1. The summed E-state index contributed by atoms with van der Waals surface area (Å²) in [6.07, 6.45) is 0. The van der Waals surface area contributed by atoms with Crippen molar-refractivity contribution in [2.45, 2.75) is 6.92 Å². The molecule has 0 aliphatic carbocycles. The molecule has 0 spiro atoms. The second kappa shape index (κ2) is 5.85. The Morgan fingerprint density at radius 3 is 2.70 bits per heavy atom. The number of methoxy groups -OCH3 is 1. The fourth-order valence-corrected chi connectivity index (χ4v) is 1.63. The molecule has 1 heterocycles. The van der Waals surface area contributed by atoms with Gasteiger partial charge in [0.15, 0.2) is 11.5 Å². The smallest absolute Gasteiger partial charge is 0.362 e. The van der Waals surface area contributed by atoms with Crippen LogP contribution in [0.15, 0.2) is 36.4 Å². The van der Waals surface area contributed by atoms with E-state index in [0.29, 0.717) is 11.3 Å². The Balaban J connectivity index is 2.26. The predicted molar refractivity (Wildman–Crippen MR) is 71.6 cm³/mol. The van der Waals surface area contributed by atoms with Crippen molar-refractivity contribution in [3.8, 4) is 17.6 Å². The lowest BCUT2D eigenvalue weighted by Crippen LogP contribution is -2.11. The van der Waals surface area contributed by atoms with E-state index in [4.69, 9.17) is 14.7 Å². The Morgan fingerprint density at radius 1 is 1.25 bits per heavy atom. The lowest BCUT2D eigenvalue weighted by Gasteiger charge is -2.09. The number of rotatable bonds is 3. The molecule has 100 valence electrons. The summed E-state index contributed by atoms with van der Waals surface area (Å²) in [7, 11) is 1.44. The van der Waals surface area contributed by atoms with E-state index < -0.39 is 5.97 Å². The minimum absolute atomic E-state index is 0.219. The molecular formula is C15H12N2O3. The Hall–Kier alpha value is -2.87. The second-order valence-corrected chi connectivity index (χ2v) is 4.03. The third-order valence-electron chi connectivity index (χ3n) is 2.59. The highest BCUT2D eigenvalue weighted by Crippen LogP contribution is 2.28. The van der Waals surface area contributed by atoms with Crippen LogP contribution in [0, 0.1) is 18.3 Å². The lowest BCUT2D eigenvalue weighted by molar-refractivity contribution is 0.0723. The Kier molecular flexibility index (Phi) is 3.96. The Labute approximate surface area is 116 Å². The molecule has 0 unspecified atom stereocenters. The van der Waals surface area contributed by atoms with Crippen LogP contribution in [0.5, 0.6) is 11.5 Å². The molecule has 5 heteroatoms. The van der Waals surface area contributed by atoms with Crippen molar-refractivity contribution in [3.63, 3.8) is 0 Å². The van der Waals surface area contributed by atoms with Gasteiger partial charge in [0, 0.05) is 11.8 Å². The topological polar surface area (TPSA) is 72.2 Å². The van der Waals surface area contributed by atoms with Crippen LogP contribution in [0.1, 0.15) is 21.7 Å². The van der Waals surface area contributed by atoms with E-state index in [2.05, 4.69) is 4.98 Å². The van der Waals surface area contributed by atoms with Crippen LogP contribution in [0.3, 0.4) is 0 Å². The summed E-state index contributed by atoms with van der Waals surface area (Å²) in [4.78, 5) is 16.1. The van der Waals surface area contributed by atoms with Gasteiger partial charge in [0.25, 0.3) is 0 Å². The van der Waals surface area contributed by atoms with Crippen LogP contribution in [0.2, 0.25) is 0 Å². The van der Waals surface area contributed by atoms with Crippen LogP contribution in [-0.4, -0.2) is 18.1 Å². The van der Waals surface area contributed by atoms with Crippen molar-refractivity contribution < 1.29 is 14.3 Å². The first-order valence-corrected chi connectivity index (χ1v) is 5.88. The standard InChI is InChI=1S/C15H12N2O3/c1-10-4-3-5-12(17-10)15(18)20-13-7-6-11(9-16)8-14(13)19-2/h3-8H,1-2H3. The molecule has 0 bridgehead atoms. The van der Waals surface area contributed by atoms with Crippen molar-refractivity contribution in [3.05, 3.63) is 53.3 Å². The van der Waals surface area contributed by atoms with Gasteiger partial charge in [0.05, 0.1) is 18.7 Å². The molecule has 1 aromatic heterocycles. The first kappa shape index (κ1) is 13.6. The van der Waals surface area contributed by atoms with Crippen LogP contribution >= 0.6 is 0 Å². The second-order valence-electron chi connectivity index (χ2n) is 4.03. The third-order valence-corrected chi connectivity index (χ3v) is 2.59. The molecule has 0 atom stereocenters. The zero-order chi connectivity index (χ0) is 14.5. The van der Waals surface area contributed by atoms with E-state index in [1.54, 1.807) is 31.2 Å². The van der Waals surface area contributed by atoms with Crippen LogP contribution in [0.25, 0.3) is 0 Å². The van der Waals surface area contributed by atoms with Gasteiger partial charge in [-0.05, 0) is 31.2 Å². The van der Waals surface area contributed by atoms with E-state index in [1.165, 1.54) is 19.2 Å². The monoisotopic (exact) mass is 268 g/mol. The lowest BCUT2D eigenvalue weighted by atomic mass is 10.2. The first-order valence-electron chi connectivity index (χ1n) is 5.88. The van der Waals surface area contributed by atoms with Crippen LogP contribution in [0.4, 0.5) is 0 Å². The average molecular weight is 268 g/mol. The van der Waals surface area contributed by atoms with Gasteiger partial charge in [-0.1, -0.05) is 6.07 Å². The molecule has 20 heavy (non-hydrogen) atoms. The van der Waals surface area contributed by atoms with E-state index in [9.17, 15) is 4.79 Å². The quantitative estimate of drug-likeness (QED) is 0.631. The van der Waals surface area contributed by atoms with Crippen molar-refractivity contribution >= 4 is 5.97 Å². The fraction of sp³-hybridized carbons (Fsp3) is 0.133. The number of carbonyl (C=O) groups is 1. The minimum Gasteiger partial charge on any atom is -0.493 e. The summed E-state index contributed by atoms with van der Waals surface area (Å²) < 4.78 is 10.3. The van der Waals surface area contributed by atoms with Crippen LogP contribution < -0.4 is 9.47 Å². The number of ether oxygens (including phenoxy) is 2. The maximum absolute atomic E-state index is 12.0. The number of hydrogen-bond acceptors (Lipinski definition) is 5. The van der Waals surface area contributed by atoms with Gasteiger partial charge < -0.3 is 9.47 Å². The summed E-state index contributed by atoms with van der Waals surface area (Å²) in [6, 6.07) is 11.7. The molecule has 0 saturated carbocycles. The van der Waals surface area contributed by atoms with Gasteiger partial charge in [0.1, 0.15) is 5.69 Å². The minimum atomic E-state index is -0.572. The largest absolute Gasteiger partial charge is 0.493 e. The predicted octanol–water partition coefficient (Wildman–Crippen LogP) is 2.49. The maximum Gasteiger partial charge on any atom is 0.362 e. The molecule has 2 rings (SSSR count). The highest BCUT2D eigenvalue weighted by atomic mass is 16.6. The molecule has 0 amide bonds. The summed E-state index contributed by atoms with van der Waals surface area (Å²) in [5.41, 5.74) is 1.37. The molecule has 0 radical (unpaired) electrons. The Morgan fingerprint density at radius 2 is 2.05 bits per heavy atom. The molecule has 5 nitrogen and oxygen atoms in total. The molecule has 2 aromatic rings. The zero-order valence-electron chi connectivity index (χ0n) is 11.1. The van der Waals surface area contributed by atoms with Gasteiger partial charge in [-0.3, -0.25) is 0 Å². The molecule has 0 aliphatic rings. The van der Waals surface area contributed by atoms with Gasteiger partial charge in [-0.25, -0.2) is 9.78 Å². The van der Waals surface area contributed by atoms with Crippen molar-refractivity contribution in [2.24, 2.45) is 0 Å². The van der Waals surface area contributed by atoms with Gasteiger partial charge in [-0.2, -0.15) is 5.26 Å². The fourth-order valence-electron chi connectivity index (χ4n) is 1.63. The number of aryl methyl sites for hydroxylation is 1. The summed E-state index contributed by atoms with van der Waals surface area (Å²) in [5.74, 6) is 0.00145. The molecular weight excluding hydrogens is 256 g/mol. The van der Waals surface area contributed by atoms with E-state index in [1.807, 2.05) is 6.07 Å². The summed E-state index contributed by atoms with van der Waals surface area (Å²) >= 11 is 0. The maximum atomic E-state index is 12.0. The molecule has 0 aliphatic heterocycles. The number of aromatic nitrogens is 1. The number of carbonyl (C=O) groups excluding carboxylic acids is 1. The number of esters is 1. The normalized spacial score (nSPS) is 9.65. The van der Waals surface area contributed by atoms with Crippen molar-refractivity contribution in [1.82, 2.24) is 4.98 Å². The molecule has 0 saturated heterocycles. The highest BCUT2D eigenvalue weighted by Gasteiger charge is 2.14. The van der Waals surface area contributed by atoms with Crippen molar-refractivity contribution in [2.75, 3.05) is 7.11 Å². The van der Waals surface area contributed by atoms with Gasteiger partial charge >= 0.3 is 5.97 Å². The van der Waals surface area contributed by atoms with Gasteiger partial charge in [-0.15, -0.1) is 0 Å².